The van der Waals surface area contributed by atoms with Crippen LogP contribution in [0.1, 0.15) is 5.56 Å². The van der Waals surface area contributed by atoms with E-state index >= 15 is 0 Å². The van der Waals surface area contributed by atoms with Gasteiger partial charge in [0.25, 0.3) is 15.6 Å². The summed E-state index contributed by atoms with van der Waals surface area (Å²) in [6.07, 6.45) is 1.51. The van der Waals surface area contributed by atoms with Crippen molar-refractivity contribution in [3.63, 3.8) is 0 Å². The lowest BCUT2D eigenvalue weighted by molar-refractivity contribution is 0.594. The molecule has 5 nitrogen and oxygen atoms in total. The number of hydrogen-bond donors (Lipinski definition) is 2. The van der Waals surface area contributed by atoms with Crippen LogP contribution in [0.5, 0.6) is 0 Å². The summed E-state index contributed by atoms with van der Waals surface area (Å²) in [7, 11) is -4.06. The second-order valence-electron chi connectivity index (χ2n) is 5.23. The molecule has 0 amide bonds. The Morgan fingerprint density at radius 1 is 1.17 bits per heavy atom. The van der Waals surface area contributed by atoms with E-state index in [0.29, 0.717) is 10.8 Å². The molecule has 0 fully saturated rings. The predicted molar refractivity (Wildman–Crippen MR) is 91.5 cm³/mol. The van der Waals surface area contributed by atoms with Crippen molar-refractivity contribution < 1.29 is 12.8 Å². The summed E-state index contributed by atoms with van der Waals surface area (Å²) in [4.78, 5) is 14.1. The molecule has 1 heterocycles. The van der Waals surface area contributed by atoms with Crippen molar-refractivity contribution in [1.82, 2.24) is 4.98 Å². The Morgan fingerprint density at radius 2 is 1.92 bits per heavy atom. The fraction of sp³-hybridized carbons (Fsp3) is 0.0625. The van der Waals surface area contributed by atoms with Crippen LogP contribution in [0, 0.1) is 12.7 Å². The maximum atomic E-state index is 13.5. The van der Waals surface area contributed by atoms with Gasteiger partial charge >= 0.3 is 0 Å². The monoisotopic (exact) mass is 366 g/mol. The highest BCUT2D eigenvalue weighted by Crippen LogP contribution is 2.27. The van der Waals surface area contributed by atoms with E-state index in [1.165, 1.54) is 25.3 Å². The predicted octanol–water partition coefficient (Wildman–Crippen LogP) is 3.43. The van der Waals surface area contributed by atoms with Crippen LogP contribution in [0.15, 0.2) is 52.3 Å². The van der Waals surface area contributed by atoms with Crippen LogP contribution < -0.4 is 10.3 Å². The normalized spacial score (nSPS) is 11.6. The lowest BCUT2D eigenvalue weighted by Crippen LogP contribution is -2.15. The molecule has 0 bridgehead atoms. The van der Waals surface area contributed by atoms with Gasteiger partial charge in [0.1, 0.15) is 5.82 Å². The van der Waals surface area contributed by atoms with Gasteiger partial charge in [-0.25, -0.2) is 12.8 Å². The van der Waals surface area contributed by atoms with E-state index in [1.54, 1.807) is 12.1 Å². The average molecular weight is 367 g/mol. The Kier molecular flexibility index (Phi) is 4.06. The second-order valence-corrected chi connectivity index (χ2v) is 7.28. The summed E-state index contributed by atoms with van der Waals surface area (Å²) in [6.45, 7) is 1.49. The Morgan fingerprint density at radius 3 is 2.67 bits per heavy atom. The van der Waals surface area contributed by atoms with Gasteiger partial charge in [-0.15, -0.1) is 0 Å². The number of pyridine rings is 1. The molecular weight excluding hydrogens is 355 g/mol. The van der Waals surface area contributed by atoms with Crippen LogP contribution in [-0.4, -0.2) is 13.4 Å². The number of sulfonamides is 1. The SMILES string of the molecule is Cc1c(Cl)cc(F)cc1S(=O)(=O)Nc1ccc2cc[nH]c(=O)c2c1. The first-order valence-electron chi connectivity index (χ1n) is 6.88. The highest BCUT2D eigenvalue weighted by Gasteiger charge is 2.20. The minimum Gasteiger partial charge on any atom is -0.329 e. The van der Waals surface area contributed by atoms with Gasteiger partial charge in [0.2, 0.25) is 0 Å². The zero-order chi connectivity index (χ0) is 17.5. The van der Waals surface area contributed by atoms with E-state index in [1.807, 2.05) is 0 Å². The summed E-state index contributed by atoms with van der Waals surface area (Å²) in [6, 6.07) is 8.21. The number of nitrogens with one attached hydrogen (secondary N) is 2. The molecule has 0 saturated heterocycles. The molecule has 24 heavy (non-hydrogen) atoms. The van der Waals surface area contributed by atoms with E-state index in [2.05, 4.69) is 9.71 Å². The van der Waals surface area contributed by atoms with Crippen molar-refractivity contribution in [3.05, 3.63) is 69.4 Å². The summed E-state index contributed by atoms with van der Waals surface area (Å²) < 4.78 is 40.9. The van der Waals surface area contributed by atoms with Gasteiger partial charge in [-0.1, -0.05) is 17.7 Å². The first-order chi connectivity index (χ1) is 11.3. The molecule has 0 unspecified atom stereocenters. The minimum absolute atomic E-state index is 0.0188. The maximum Gasteiger partial charge on any atom is 0.262 e. The maximum absolute atomic E-state index is 13.5. The van der Waals surface area contributed by atoms with Crippen LogP contribution in [0.25, 0.3) is 10.8 Å². The molecule has 3 rings (SSSR count). The fourth-order valence-corrected chi connectivity index (χ4v) is 3.95. The van der Waals surface area contributed by atoms with Crippen LogP contribution in [0.4, 0.5) is 10.1 Å². The Labute approximate surface area is 142 Å². The number of aromatic nitrogens is 1. The minimum atomic E-state index is -4.06. The molecule has 0 spiro atoms. The summed E-state index contributed by atoms with van der Waals surface area (Å²) in [5.41, 5.74) is 0.0988. The third-order valence-electron chi connectivity index (χ3n) is 3.58. The summed E-state index contributed by atoms with van der Waals surface area (Å²) >= 11 is 5.85. The lowest BCUT2D eigenvalue weighted by Gasteiger charge is -2.12. The van der Waals surface area contributed by atoms with Crippen LogP contribution >= 0.6 is 11.6 Å². The van der Waals surface area contributed by atoms with E-state index in [4.69, 9.17) is 11.6 Å². The number of benzene rings is 2. The molecule has 2 aromatic carbocycles. The molecule has 2 N–H and O–H groups in total. The van der Waals surface area contributed by atoms with Crippen LogP contribution in [-0.2, 0) is 10.0 Å². The zero-order valence-corrected chi connectivity index (χ0v) is 14.0. The number of rotatable bonds is 3. The van der Waals surface area contributed by atoms with Crippen molar-refractivity contribution in [2.24, 2.45) is 0 Å². The van der Waals surface area contributed by atoms with Crippen LogP contribution in [0.3, 0.4) is 0 Å². The van der Waals surface area contributed by atoms with Crippen molar-refractivity contribution >= 4 is 38.1 Å². The van der Waals surface area contributed by atoms with Gasteiger partial charge in [-0.3, -0.25) is 9.52 Å². The molecule has 8 heteroatoms. The average Bonchev–Trinajstić information content (AvgIpc) is 2.51. The molecule has 0 radical (unpaired) electrons. The highest BCUT2D eigenvalue weighted by atomic mass is 35.5. The van der Waals surface area contributed by atoms with E-state index in [-0.39, 0.29) is 26.7 Å². The molecule has 0 atom stereocenters. The third-order valence-corrected chi connectivity index (χ3v) is 5.48. The van der Waals surface area contributed by atoms with Gasteiger partial charge in [0.15, 0.2) is 0 Å². The highest BCUT2D eigenvalue weighted by molar-refractivity contribution is 7.92. The van der Waals surface area contributed by atoms with Crippen LogP contribution in [0.2, 0.25) is 5.02 Å². The van der Waals surface area contributed by atoms with Gasteiger partial charge in [-0.05, 0) is 48.2 Å². The van der Waals surface area contributed by atoms with E-state index in [9.17, 15) is 17.6 Å². The lowest BCUT2D eigenvalue weighted by atomic mass is 10.1. The number of fused-ring (bicyclic) bond motifs is 1. The van der Waals surface area contributed by atoms with Gasteiger partial charge < -0.3 is 4.98 Å². The van der Waals surface area contributed by atoms with Crippen molar-refractivity contribution in [2.75, 3.05) is 4.72 Å². The number of anilines is 1. The second kappa shape index (κ2) is 5.92. The molecule has 124 valence electrons. The molecule has 0 aliphatic carbocycles. The van der Waals surface area contributed by atoms with Gasteiger partial charge in [0, 0.05) is 22.3 Å². The quantitative estimate of drug-likeness (QED) is 0.745. The van der Waals surface area contributed by atoms with Crippen molar-refractivity contribution in [3.8, 4) is 0 Å². The number of hydrogen-bond acceptors (Lipinski definition) is 3. The molecule has 0 aliphatic heterocycles. The standard InChI is InChI=1S/C16H12ClFN2O3S/c1-9-14(17)6-11(18)7-15(9)24(22,23)20-12-3-2-10-4-5-19-16(21)13(10)8-12/h2-8,20H,1H3,(H,19,21). The Balaban J connectivity index is 2.07. The number of aromatic amines is 1. The molecule has 3 aromatic rings. The Bertz CT molecular complexity index is 1110. The fourth-order valence-electron chi connectivity index (χ4n) is 2.36. The van der Waals surface area contributed by atoms with Gasteiger partial charge in [0.05, 0.1) is 4.90 Å². The molecular formula is C16H12ClFN2O3S. The van der Waals surface area contributed by atoms with Gasteiger partial charge in [-0.2, -0.15) is 0 Å². The smallest absolute Gasteiger partial charge is 0.262 e. The summed E-state index contributed by atoms with van der Waals surface area (Å²) in [5.74, 6) is -0.749. The first-order valence-corrected chi connectivity index (χ1v) is 8.74. The Hall–Kier alpha value is -2.38. The molecule has 0 aliphatic rings. The third kappa shape index (κ3) is 3.00. The molecule has 0 saturated carbocycles. The first kappa shape index (κ1) is 16.5. The largest absolute Gasteiger partial charge is 0.329 e. The number of halogens is 2. The van der Waals surface area contributed by atoms with E-state index < -0.39 is 15.8 Å². The molecule has 1 aromatic heterocycles. The zero-order valence-electron chi connectivity index (χ0n) is 12.4. The number of H-pyrrole nitrogens is 1. The van der Waals surface area contributed by atoms with Crippen molar-refractivity contribution in [1.29, 1.82) is 0 Å². The van der Waals surface area contributed by atoms with E-state index in [0.717, 1.165) is 12.1 Å². The van der Waals surface area contributed by atoms with Crippen molar-refractivity contribution in [2.45, 2.75) is 11.8 Å². The summed E-state index contributed by atoms with van der Waals surface area (Å²) in [5, 5.41) is 1.03. The topological polar surface area (TPSA) is 79.0 Å².